The number of para-hydroxylation sites is 1. The number of halogens is 1. The Labute approximate surface area is 109 Å². The quantitative estimate of drug-likeness (QED) is 0.741. The summed E-state index contributed by atoms with van der Waals surface area (Å²) in [6.45, 7) is 0. The minimum Gasteiger partial charge on any atom is -0.508 e. The van der Waals surface area contributed by atoms with Crippen LogP contribution in [0.1, 0.15) is 5.56 Å². The van der Waals surface area contributed by atoms with Crippen molar-refractivity contribution in [2.24, 2.45) is 0 Å². The zero-order valence-electron chi connectivity index (χ0n) is 10.1. The number of phenolic OH excluding ortho intramolecular Hbond substituents is 1. The second kappa shape index (κ2) is 5.39. The molecule has 0 saturated carbocycles. The molecule has 0 heterocycles. The second-order valence-electron chi connectivity index (χ2n) is 4.09. The number of hydrogen-bond acceptors (Lipinski definition) is 3. The van der Waals surface area contributed by atoms with Gasteiger partial charge in [0.05, 0.1) is 12.1 Å². The Bertz CT molecular complexity index is 614. The van der Waals surface area contributed by atoms with Gasteiger partial charge in [-0.05, 0) is 24.3 Å². The number of benzene rings is 2. The highest BCUT2D eigenvalue weighted by atomic mass is 19.1. The molecule has 0 aliphatic rings. The summed E-state index contributed by atoms with van der Waals surface area (Å²) in [5.74, 6) is -0.966. The molecule has 4 nitrogen and oxygen atoms in total. The van der Waals surface area contributed by atoms with Gasteiger partial charge in [-0.2, -0.15) is 0 Å². The Kier molecular flexibility index (Phi) is 3.66. The smallest absolute Gasteiger partial charge is 0.229 e. The Morgan fingerprint density at radius 1 is 1.26 bits per heavy atom. The maximum Gasteiger partial charge on any atom is 0.229 e. The monoisotopic (exact) mass is 260 g/mol. The molecule has 4 N–H and O–H groups in total. The molecule has 0 unspecified atom stereocenters. The number of nitrogens with two attached hydrogens (primary N) is 1. The van der Waals surface area contributed by atoms with Crippen LogP contribution in [0.15, 0.2) is 42.5 Å². The lowest BCUT2D eigenvalue weighted by molar-refractivity contribution is -0.115. The maximum absolute atomic E-state index is 13.5. The molecule has 0 aliphatic carbocycles. The van der Waals surface area contributed by atoms with Gasteiger partial charge in [-0.15, -0.1) is 0 Å². The molecule has 0 atom stereocenters. The fourth-order valence-corrected chi connectivity index (χ4v) is 1.66. The van der Waals surface area contributed by atoms with E-state index >= 15 is 0 Å². The number of rotatable bonds is 3. The van der Waals surface area contributed by atoms with Gasteiger partial charge in [-0.3, -0.25) is 4.79 Å². The fraction of sp³-hybridized carbons (Fsp3) is 0.0714. The molecule has 2 aromatic carbocycles. The predicted octanol–water partition coefficient (Wildman–Crippen LogP) is 2.29. The molecule has 2 aromatic rings. The molecule has 1 amide bonds. The molecule has 98 valence electrons. The van der Waals surface area contributed by atoms with E-state index in [1.54, 1.807) is 18.2 Å². The maximum atomic E-state index is 13.5. The van der Waals surface area contributed by atoms with Crippen LogP contribution >= 0.6 is 0 Å². The number of carbonyl (C=O) groups is 1. The van der Waals surface area contributed by atoms with Gasteiger partial charge in [0.1, 0.15) is 11.6 Å². The normalized spacial score (nSPS) is 10.2. The third kappa shape index (κ3) is 3.22. The molecule has 0 aliphatic heterocycles. The molecule has 0 spiro atoms. The van der Waals surface area contributed by atoms with Crippen LogP contribution in [0.25, 0.3) is 0 Å². The van der Waals surface area contributed by atoms with Crippen molar-refractivity contribution in [3.8, 4) is 5.75 Å². The molecular formula is C14H13FN2O2. The SMILES string of the molecule is Nc1ccc(NC(=O)Cc2ccccc2O)c(F)c1. The van der Waals surface area contributed by atoms with E-state index in [0.29, 0.717) is 5.56 Å². The Balaban J connectivity index is 2.08. The number of aromatic hydroxyl groups is 1. The Morgan fingerprint density at radius 3 is 2.68 bits per heavy atom. The number of hydrogen-bond donors (Lipinski definition) is 3. The average molecular weight is 260 g/mol. The second-order valence-corrected chi connectivity index (χ2v) is 4.09. The molecule has 0 fully saturated rings. The lowest BCUT2D eigenvalue weighted by Gasteiger charge is -2.08. The summed E-state index contributed by atoms with van der Waals surface area (Å²) in [6.07, 6.45) is -0.0313. The molecule has 19 heavy (non-hydrogen) atoms. The van der Waals surface area contributed by atoms with Crippen LogP contribution in [0.2, 0.25) is 0 Å². The zero-order valence-corrected chi connectivity index (χ0v) is 10.1. The minimum absolute atomic E-state index is 0.0313. The van der Waals surface area contributed by atoms with E-state index in [2.05, 4.69) is 5.32 Å². The third-order valence-electron chi connectivity index (χ3n) is 2.61. The van der Waals surface area contributed by atoms with Gasteiger partial charge in [-0.1, -0.05) is 18.2 Å². The molecule has 5 heteroatoms. The van der Waals surface area contributed by atoms with E-state index in [-0.39, 0.29) is 23.5 Å². The van der Waals surface area contributed by atoms with Gasteiger partial charge in [0.15, 0.2) is 0 Å². The van der Waals surface area contributed by atoms with Crippen molar-refractivity contribution in [1.29, 1.82) is 0 Å². The number of anilines is 2. The highest BCUT2D eigenvalue weighted by Crippen LogP contribution is 2.19. The lowest BCUT2D eigenvalue weighted by atomic mass is 10.1. The van der Waals surface area contributed by atoms with Crippen molar-refractivity contribution in [3.05, 3.63) is 53.8 Å². The Morgan fingerprint density at radius 2 is 2.00 bits per heavy atom. The summed E-state index contributed by atoms with van der Waals surface area (Å²) in [6, 6.07) is 10.5. The van der Waals surface area contributed by atoms with Crippen molar-refractivity contribution in [2.75, 3.05) is 11.1 Å². The van der Waals surface area contributed by atoms with E-state index in [0.717, 1.165) is 6.07 Å². The van der Waals surface area contributed by atoms with Gasteiger partial charge in [-0.25, -0.2) is 4.39 Å². The van der Waals surface area contributed by atoms with Crippen LogP contribution in [0.3, 0.4) is 0 Å². The standard InChI is InChI=1S/C14H13FN2O2/c15-11-8-10(16)5-6-12(11)17-14(19)7-9-3-1-2-4-13(9)18/h1-6,8,18H,7,16H2,(H,17,19). The fourth-order valence-electron chi connectivity index (χ4n) is 1.66. The highest BCUT2D eigenvalue weighted by Gasteiger charge is 2.10. The van der Waals surface area contributed by atoms with E-state index in [1.807, 2.05) is 0 Å². The van der Waals surface area contributed by atoms with Crippen LogP contribution in [0, 0.1) is 5.82 Å². The van der Waals surface area contributed by atoms with E-state index < -0.39 is 11.7 Å². The number of carbonyl (C=O) groups excluding carboxylic acids is 1. The van der Waals surface area contributed by atoms with Crippen LogP contribution in [-0.2, 0) is 11.2 Å². The number of nitrogen functional groups attached to an aromatic ring is 1. The number of amides is 1. The third-order valence-corrected chi connectivity index (χ3v) is 2.61. The summed E-state index contributed by atoms with van der Waals surface area (Å²) in [4.78, 5) is 11.8. The Hall–Kier alpha value is -2.56. The van der Waals surface area contributed by atoms with Crippen LogP contribution in [0.5, 0.6) is 5.75 Å². The van der Waals surface area contributed by atoms with E-state index in [4.69, 9.17) is 5.73 Å². The van der Waals surface area contributed by atoms with Crippen molar-refractivity contribution >= 4 is 17.3 Å². The van der Waals surface area contributed by atoms with Gasteiger partial charge in [0, 0.05) is 11.3 Å². The predicted molar refractivity (Wildman–Crippen MR) is 71.3 cm³/mol. The lowest BCUT2D eigenvalue weighted by Crippen LogP contribution is -2.15. The topological polar surface area (TPSA) is 75.3 Å². The van der Waals surface area contributed by atoms with Gasteiger partial charge < -0.3 is 16.2 Å². The molecular weight excluding hydrogens is 247 g/mol. The van der Waals surface area contributed by atoms with Crippen molar-refractivity contribution in [3.63, 3.8) is 0 Å². The van der Waals surface area contributed by atoms with Gasteiger partial charge in [0.2, 0.25) is 5.91 Å². The largest absolute Gasteiger partial charge is 0.508 e. The number of nitrogens with one attached hydrogen (secondary N) is 1. The first kappa shape index (κ1) is 12.9. The van der Waals surface area contributed by atoms with Gasteiger partial charge in [0.25, 0.3) is 0 Å². The summed E-state index contributed by atoms with van der Waals surface area (Å²) >= 11 is 0. The molecule has 2 rings (SSSR count). The van der Waals surface area contributed by atoms with Gasteiger partial charge >= 0.3 is 0 Å². The molecule has 0 bridgehead atoms. The summed E-state index contributed by atoms with van der Waals surface area (Å²) < 4.78 is 13.5. The van der Waals surface area contributed by atoms with Crippen LogP contribution in [-0.4, -0.2) is 11.0 Å². The summed E-state index contributed by atoms with van der Waals surface area (Å²) in [7, 11) is 0. The van der Waals surface area contributed by atoms with Crippen molar-refractivity contribution < 1.29 is 14.3 Å². The minimum atomic E-state index is -0.592. The van der Waals surface area contributed by atoms with Crippen molar-refractivity contribution in [2.45, 2.75) is 6.42 Å². The highest BCUT2D eigenvalue weighted by molar-refractivity contribution is 5.92. The van der Waals surface area contributed by atoms with E-state index in [1.165, 1.54) is 18.2 Å². The van der Waals surface area contributed by atoms with E-state index in [9.17, 15) is 14.3 Å². The first-order valence-corrected chi connectivity index (χ1v) is 5.68. The van der Waals surface area contributed by atoms with Crippen LogP contribution in [0.4, 0.5) is 15.8 Å². The van der Waals surface area contributed by atoms with Crippen LogP contribution < -0.4 is 11.1 Å². The zero-order chi connectivity index (χ0) is 13.8. The molecule has 0 aromatic heterocycles. The first-order chi connectivity index (χ1) is 9.06. The van der Waals surface area contributed by atoms with Crippen molar-refractivity contribution in [1.82, 2.24) is 0 Å². The summed E-state index contributed by atoms with van der Waals surface area (Å²) in [5.41, 5.74) is 6.25. The average Bonchev–Trinajstić information content (AvgIpc) is 2.36. The summed E-state index contributed by atoms with van der Waals surface area (Å²) in [5, 5.41) is 12.0. The number of phenols is 1. The first-order valence-electron chi connectivity index (χ1n) is 5.68. The molecule has 0 saturated heterocycles. The molecule has 0 radical (unpaired) electrons.